The highest BCUT2D eigenvalue weighted by Crippen LogP contribution is 2.28. The first kappa shape index (κ1) is 11.4. The van der Waals surface area contributed by atoms with Gasteiger partial charge in [0.1, 0.15) is 0 Å². The van der Waals surface area contributed by atoms with Crippen LogP contribution in [0.3, 0.4) is 0 Å². The number of nitrogens with one attached hydrogen (secondary N) is 1. The van der Waals surface area contributed by atoms with Crippen molar-refractivity contribution in [2.24, 2.45) is 5.92 Å². The van der Waals surface area contributed by atoms with Crippen LogP contribution < -0.4 is 5.32 Å². The van der Waals surface area contributed by atoms with E-state index >= 15 is 0 Å². The second-order valence-electron chi connectivity index (χ2n) is 4.96. The van der Waals surface area contributed by atoms with E-state index in [4.69, 9.17) is 4.74 Å². The molecule has 2 fully saturated rings. The van der Waals surface area contributed by atoms with Gasteiger partial charge in [0.2, 0.25) is 0 Å². The SMILES string of the molecule is CC1CNCCN1CCCOCC1CC1. The zero-order valence-corrected chi connectivity index (χ0v) is 9.87. The number of hydrogen-bond acceptors (Lipinski definition) is 3. The largest absolute Gasteiger partial charge is 0.381 e. The van der Waals surface area contributed by atoms with Crippen molar-refractivity contribution in [3.05, 3.63) is 0 Å². The molecule has 1 aliphatic heterocycles. The summed E-state index contributed by atoms with van der Waals surface area (Å²) >= 11 is 0. The van der Waals surface area contributed by atoms with Crippen molar-refractivity contribution in [3.63, 3.8) is 0 Å². The third-order valence-electron chi connectivity index (χ3n) is 3.42. The van der Waals surface area contributed by atoms with Crippen molar-refractivity contribution >= 4 is 0 Å². The van der Waals surface area contributed by atoms with Crippen LogP contribution in [0.15, 0.2) is 0 Å². The number of piperazine rings is 1. The van der Waals surface area contributed by atoms with Gasteiger partial charge in [0.05, 0.1) is 0 Å². The van der Waals surface area contributed by atoms with Crippen molar-refractivity contribution in [1.82, 2.24) is 10.2 Å². The van der Waals surface area contributed by atoms with Gasteiger partial charge < -0.3 is 10.1 Å². The number of hydrogen-bond donors (Lipinski definition) is 1. The first-order valence-electron chi connectivity index (χ1n) is 6.39. The Morgan fingerprint density at radius 2 is 2.27 bits per heavy atom. The van der Waals surface area contributed by atoms with Crippen molar-refractivity contribution in [3.8, 4) is 0 Å². The Kier molecular flexibility index (Phi) is 4.42. The van der Waals surface area contributed by atoms with E-state index < -0.39 is 0 Å². The highest BCUT2D eigenvalue weighted by molar-refractivity contribution is 4.75. The molecule has 1 heterocycles. The maximum absolute atomic E-state index is 5.64. The van der Waals surface area contributed by atoms with Crippen molar-refractivity contribution < 1.29 is 4.74 Å². The third-order valence-corrected chi connectivity index (χ3v) is 3.42. The van der Waals surface area contributed by atoms with Gasteiger partial charge in [0.15, 0.2) is 0 Å². The summed E-state index contributed by atoms with van der Waals surface area (Å²) in [6, 6.07) is 0.696. The van der Waals surface area contributed by atoms with E-state index in [1.54, 1.807) is 0 Å². The molecule has 0 aromatic rings. The van der Waals surface area contributed by atoms with E-state index in [2.05, 4.69) is 17.1 Å². The molecule has 1 N–H and O–H groups in total. The molecule has 1 saturated carbocycles. The predicted octanol–water partition coefficient (Wildman–Crippen LogP) is 1.10. The molecule has 0 amide bonds. The van der Waals surface area contributed by atoms with Crippen molar-refractivity contribution in [2.75, 3.05) is 39.4 Å². The van der Waals surface area contributed by atoms with Gasteiger partial charge in [-0.15, -0.1) is 0 Å². The average Bonchev–Trinajstić information content (AvgIpc) is 3.04. The fraction of sp³-hybridized carbons (Fsp3) is 1.00. The molecule has 0 spiro atoms. The lowest BCUT2D eigenvalue weighted by molar-refractivity contribution is 0.100. The van der Waals surface area contributed by atoms with Gasteiger partial charge in [-0.25, -0.2) is 0 Å². The fourth-order valence-electron chi connectivity index (χ4n) is 2.12. The lowest BCUT2D eigenvalue weighted by Gasteiger charge is -2.33. The Labute approximate surface area is 93.2 Å². The molecule has 1 saturated heterocycles. The van der Waals surface area contributed by atoms with E-state index in [0.29, 0.717) is 6.04 Å². The molecule has 1 atom stereocenters. The van der Waals surface area contributed by atoms with Crippen LogP contribution in [0, 0.1) is 5.92 Å². The summed E-state index contributed by atoms with van der Waals surface area (Å²) in [4.78, 5) is 2.57. The molecule has 88 valence electrons. The van der Waals surface area contributed by atoms with Crippen LogP contribution in [0.2, 0.25) is 0 Å². The Balaban J connectivity index is 1.48. The van der Waals surface area contributed by atoms with E-state index in [9.17, 15) is 0 Å². The second kappa shape index (κ2) is 5.83. The maximum Gasteiger partial charge on any atom is 0.0494 e. The molecule has 2 rings (SSSR count). The smallest absolute Gasteiger partial charge is 0.0494 e. The molecule has 2 aliphatic rings. The van der Waals surface area contributed by atoms with Gasteiger partial charge in [-0.2, -0.15) is 0 Å². The maximum atomic E-state index is 5.64. The normalized spacial score (nSPS) is 28.2. The summed E-state index contributed by atoms with van der Waals surface area (Å²) in [6.45, 7) is 8.95. The number of nitrogens with zero attached hydrogens (tertiary/aromatic N) is 1. The van der Waals surface area contributed by atoms with Gasteiger partial charge in [-0.3, -0.25) is 4.90 Å². The fourth-order valence-corrected chi connectivity index (χ4v) is 2.12. The highest BCUT2D eigenvalue weighted by atomic mass is 16.5. The van der Waals surface area contributed by atoms with Crippen LogP contribution >= 0.6 is 0 Å². The van der Waals surface area contributed by atoms with Gasteiger partial charge in [-0.05, 0) is 32.1 Å². The third kappa shape index (κ3) is 4.09. The molecule has 1 unspecified atom stereocenters. The van der Waals surface area contributed by atoms with Gasteiger partial charge in [-0.1, -0.05) is 0 Å². The van der Waals surface area contributed by atoms with E-state index in [1.807, 2.05) is 0 Å². The molecule has 0 bridgehead atoms. The summed E-state index contributed by atoms with van der Waals surface area (Å²) in [5.41, 5.74) is 0. The molecule has 15 heavy (non-hydrogen) atoms. The van der Waals surface area contributed by atoms with Crippen LogP contribution in [-0.4, -0.2) is 50.3 Å². The second-order valence-corrected chi connectivity index (χ2v) is 4.96. The monoisotopic (exact) mass is 212 g/mol. The summed E-state index contributed by atoms with van der Waals surface area (Å²) in [5, 5.41) is 3.42. The molecule has 0 aromatic carbocycles. The van der Waals surface area contributed by atoms with E-state index in [-0.39, 0.29) is 0 Å². The Morgan fingerprint density at radius 3 is 3.00 bits per heavy atom. The minimum atomic E-state index is 0.696. The van der Waals surface area contributed by atoms with Crippen LogP contribution in [0.5, 0.6) is 0 Å². The Hall–Kier alpha value is -0.120. The summed E-state index contributed by atoms with van der Waals surface area (Å²) < 4.78 is 5.64. The van der Waals surface area contributed by atoms with Crippen molar-refractivity contribution in [1.29, 1.82) is 0 Å². The lowest BCUT2D eigenvalue weighted by atomic mass is 10.2. The summed E-state index contributed by atoms with van der Waals surface area (Å²) in [5.74, 6) is 0.906. The molecule has 0 aromatic heterocycles. The van der Waals surface area contributed by atoms with Crippen molar-refractivity contribution in [2.45, 2.75) is 32.2 Å². The molecular weight excluding hydrogens is 188 g/mol. The molecule has 0 radical (unpaired) electrons. The van der Waals surface area contributed by atoms with Crippen LogP contribution in [0.4, 0.5) is 0 Å². The average molecular weight is 212 g/mol. The quantitative estimate of drug-likeness (QED) is 0.667. The van der Waals surface area contributed by atoms with Crippen LogP contribution in [-0.2, 0) is 4.74 Å². The topological polar surface area (TPSA) is 24.5 Å². The summed E-state index contributed by atoms with van der Waals surface area (Å²) in [6.07, 6.45) is 3.99. The minimum absolute atomic E-state index is 0.696. The zero-order valence-electron chi connectivity index (χ0n) is 9.87. The van der Waals surface area contributed by atoms with Crippen LogP contribution in [0.1, 0.15) is 26.2 Å². The predicted molar refractivity (Wildman–Crippen MR) is 62.1 cm³/mol. The lowest BCUT2D eigenvalue weighted by Crippen LogP contribution is -2.50. The van der Waals surface area contributed by atoms with Gasteiger partial charge in [0.25, 0.3) is 0 Å². The van der Waals surface area contributed by atoms with Gasteiger partial charge >= 0.3 is 0 Å². The highest BCUT2D eigenvalue weighted by Gasteiger charge is 2.21. The van der Waals surface area contributed by atoms with E-state index in [0.717, 1.165) is 32.2 Å². The first-order valence-corrected chi connectivity index (χ1v) is 6.39. The molecule has 3 heteroatoms. The van der Waals surface area contributed by atoms with Crippen LogP contribution in [0.25, 0.3) is 0 Å². The standard InChI is InChI=1S/C12H24N2O/c1-11-9-13-5-7-14(11)6-2-8-15-10-12-3-4-12/h11-13H,2-10H2,1H3. The minimum Gasteiger partial charge on any atom is -0.381 e. The Morgan fingerprint density at radius 1 is 1.40 bits per heavy atom. The Bertz CT molecular complexity index is 182. The first-order chi connectivity index (χ1) is 7.36. The molecule has 3 nitrogen and oxygen atoms in total. The van der Waals surface area contributed by atoms with E-state index in [1.165, 1.54) is 32.4 Å². The number of ether oxygens (including phenoxy) is 1. The molecular formula is C12H24N2O. The van der Waals surface area contributed by atoms with Gasteiger partial charge in [0, 0.05) is 45.4 Å². The number of rotatable bonds is 6. The zero-order chi connectivity index (χ0) is 10.5. The molecule has 1 aliphatic carbocycles. The summed E-state index contributed by atoms with van der Waals surface area (Å²) in [7, 11) is 0.